The number of hydrogen-bond acceptors (Lipinski definition) is 4. The van der Waals surface area contributed by atoms with Crippen molar-refractivity contribution in [2.24, 2.45) is 0 Å². The number of nitrogens with one attached hydrogen (secondary N) is 1. The van der Waals surface area contributed by atoms with Crippen molar-refractivity contribution in [3.63, 3.8) is 0 Å². The first kappa shape index (κ1) is 14.6. The number of nitro groups is 1. The van der Waals surface area contributed by atoms with E-state index in [9.17, 15) is 19.3 Å². The maximum absolute atomic E-state index is 13.6. The highest BCUT2D eigenvalue weighted by molar-refractivity contribution is 5.93. The smallest absolute Gasteiger partial charge is 0.342 e. The third-order valence-corrected chi connectivity index (χ3v) is 2.32. The van der Waals surface area contributed by atoms with E-state index in [0.29, 0.717) is 12.6 Å². The number of halogens is 1. The van der Waals surface area contributed by atoms with E-state index in [-0.39, 0.29) is 5.69 Å². The molecular formula is C12H13FN2O4. The Balaban J connectivity index is 3.14. The zero-order valence-corrected chi connectivity index (χ0v) is 10.4. The quantitative estimate of drug-likeness (QED) is 0.486. The Morgan fingerprint density at radius 1 is 1.53 bits per heavy atom. The molecule has 6 nitrogen and oxygen atoms in total. The fourth-order valence-electron chi connectivity index (χ4n) is 1.39. The van der Waals surface area contributed by atoms with E-state index in [2.05, 4.69) is 5.32 Å². The van der Waals surface area contributed by atoms with Gasteiger partial charge in [-0.25, -0.2) is 9.18 Å². The molecule has 19 heavy (non-hydrogen) atoms. The predicted molar refractivity (Wildman–Crippen MR) is 67.9 cm³/mol. The van der Waals surface area contributed by atoms with E-state index >= 15 is 0 Å². The summed E-state index contributed by atoms with van der Waals surface area (Å²) in [5.41, 5.74) is -0.391. The first-order chi connectivity index (χ1) is 8.82. The highest BCUT2D eigenvalue weighted by atomic mass is 19.1. The molecule has 0 heterocycles. The van der Waals surface area contributed by atoms with Crippen LogP contribution in [-0.4, -0.2) is 22.5 Å². The summed E-state index contributed by atoms with van der Waals surface area (Å²) in [6.45, 7) is 4.02. The molecule has 1 rings (SSSR count). The molecule has 0 aromatic heterocycles. The maximum atomic E-state index is 13.6. The molecule has 0 aliphatic carbocycles. The van der Waals surface area contributed by atoms with Gasteiger partial charge in [-0.05, 0) is 19.9 Å². The molecule has 0 unspecified atom stereocenters. The fourth-order valence-corrected chi connectivity index (χ4v) is 1.39. The molecule has 0 bridgehead atoms. The number of carboxylic acid groups (broad SMARTS) is 1. The molecule has 2 N–H and O–H groups in total. The summed E-state index contributed by atoms with van der Waals surface area (Å²) < 4.78 is 13.6. The van der Waals surface area contributed by atoms with Gasteiger partial charge in [-0.2, -0.15) is 0 Å². The van der Waals surface area contributed by atoms with Crippen molar-refractivity contribution in [2.45, 2.75) is 13.8 Å². The third kappa shape index (κ3) is 3.77. The van der Waals surface area contributed by atoms with Gasteiger partial charge >= 0.3 is 5.97 Å². The van der Waals surface area contributed by atoms with Crippen LogP contribution in [0.15, 0.2) is 23.8 Å². The fraction of sp³-hybridized carbons (Fsp3) is 0.250. The monoisotopic (exact) mass is 268 g/mol. The topological polar surface area (TPSA) is 92.5 Å². The molecule has 0 saturated heterocycles. The van der Waals surface area contributed by atoms with Gasteiger partial charge in [0.2, 0.25) is 0 Å². The van der Waals surface area contributed by atoms with Gasteiger partial charge in [-0.1, -0.05) is 11.6 Å². The molecular weight excluding hydrogens is 255 g/mol. The number of carboxylic acids is 1. The van der Waals surface area contributed by atoms with Gasteiger partial charge in [0.05, 0.1) is 16.7 Å². The lowest BCUT2D eigenvalue weighted by Crippen LogP contribution is -2.07. The van der Waals surface area contributed by atoms with Gasteiger partial charge in [-0.15, -0.1) is 0 Å². The van der Waals surface area contributed by atoms with Gasteiger partial charge in [0.15, 0.2) is 5.82 Å². The summed E-state index contributed by atoms with van der Waals surface area (Å²) in [5.74, 6) is -2.34. The van der Waals surface area contributed by atoms with E-state index in [1.54, 1.807) is 6.08 Å². The van der Waals surface area contributed by atoms with Crippen LogP contribution in [0, 0.1) is 15.9 Å². The molecule has 0 aliphatic rings. The van der Waals surface area contributed by atoms with Crippen molar-refractivity contribution in [2.75, 3.05) is 11.9 Å². The van der Waals surface area contributed by atoms with Crippen LogP contribution in [0.5, 0.6) is 0 Å². The number of nitro benzene ring substituents is 1. The number of hydrogen-bond donors (Lipinski definition) is 2. The highest BCUT2D eigenvalue weighted by Crippen LogP contribution is 2.26. The number of nitrogens with zero attached hydrogens (tertiary/aromatic N) is 1. The van der Waals surface area contributed by atoms with Gasteiger partial charge < -0.3 is 10.4 Å². The molecule has 0 aliphatic heterocycles. The molecule has 0 atom stereocenters. The molecule has 0 spiro atoms. The Morgan fingerprint density at radius 3 is 2.63 bits per heavy atom. The van der Waals surface area contributed by atoms with E-state index in [1.807, 2.05) is 13.8 Å². The number of rotatable bonds is 5. The first-order valence-electron chi connectivity index (χ1n) is 5.41. The molecule has 1 aromatic rings. The zero-order valence-electron chi connectivity index (χ0n) is 10.4. The zero-order chi connectivity index (χ0) is 14.6. The van der Waals surface area contributed by atoms with E-state index < -0.39 is 28.0 Å². The van der Waals surface area contributed by atoms with Crippen LogP contribution in [0.2, 0.25) is 0 Å². The number of carbonyl (C=O) groups is 1. The standard InChI is InChI=1S/C12H13FN2O4/c1-7(2)3-4-14-10-5-8(12(16)17)11(15(18)19)6-9(10)13/h3,5-6,14H,4H2,1-2H3,(H,16,17). The lowest BCUT2D eigenvalue weighted by molar-refractivity contribution is -0.385. The van der Waals surface area contributed by atoms with Crippen LogP contribution in [0.25, 0.3) is 0 Å². The molecule has 0 radical (unpaired) electrons. The second-order valence-electron chi connectivity index (χ2n) is 4.07. The van der Waals surface area contributed by atoms with Crippen LogP contribution in [0.3, 0.4) is 0 Å². The minimum absolute atomic E-state index is 0.0829. The molecule has 102 valence electrons. The van der Waals surface area contributed by atoms with Crippen LogP contribution in [-0.2, 0) is 0 Å². The van der Waals surface area contributed by atoms with Crippen molar-refractivity contribution in [3.8, 4) is 0 Å². The van der Waals surface area contributed by atoms with Crippen LogP contribution >= 0.6 is 0 Å². The van der Waals surface area contributed by atoms with Crippen molar-refractivity contribution >= 4 is 17.3 Å². The molecule has 0 saturated carbocycles. The van der Waals surface area contributed by atoms with Crippen LogP contribution in [0.1, 0.15) is 24.2 Å². The van der Waals surface area contributed by atoms with E-state index in [0.717, 1.165) is 11.6 Å². The Labute approximate surface area is 108 Å². The lowest BCUT2D eigenvalue weighted by Gasteiger charge is -2.07. The highest BCUT2D eigenvalue weighted by Gasteiger charge is 2.23. The van der Waals surface area contributed by atoms with Gasteiger partial charge in [-0.3, -0.25) is 10.1 Å². The molecule has 0 fully saturated rings. The molecule has 0 amide bonds. The Kier molecular flexibility index (Phi) is 4.57. The number of aromatic carboxylic acids is 1. The minimum atomic E-state index is -1.48. The number of anilines is 1. The summed E-state index contributed by atoms with van der Waals surface area (Å²) in [6.07, 6.45) is 1.78. The average Bonchev–Trinajstić information content (AvgIpc) is 2.29. The Morgan fingerprint density at radius 2 is 2.16 bits per heavy atom. The Hall–Kier alpha value is -2.44. The van der Waals surface area contributed by atoms with Crippen molar-refractivity contribution in [3.05, 3.63) is 45.3 Å². The second kappa shape index (κ2) is 5.94. The minimum Gasteiger partial charge on any atom is -0.477 e. The van der Waals surface area contributed by atoms with Crippen molar-refractivity contribution in [1.29, 1.82) is 0 Å². The third-order valence-electron chi connectivity index (χ3n) is 2.32. The summed E-state index contributed by atoms with van der Waals surface area (Å²) in [6, 6.07) is 1.53. The van der Waals surface area contributed by atoms with Crippen molar-refractivity contribution < 1.29 is 19.2 Å². The van der Waals surface area contributed by atoms with Crippen LogP contribution < -0.4 is 5.32 Å². The average molecular weight is 268 g/mol. The predicted octanol–water partition coefficient (Wildman–Crippen LogP) is 2.81. The second-order valence-corrected chi connectivity index (χ2v) is 4.07. The maximum Gasteiger partial charge on any atom is 0.342 e. The largest absolute Gasteiger partial charge is 0.477 e. The van der Waals surface area contributed by atoms with Crippen molar-refractivity contribution in [1.82, 2.24) is 0 Å². The molecule has 7 heteroatoms. The normalized spacial score (nSPS) is 9.84. The number of benzene rings is 1. The van der Waals surface area contributed by atoms with Gasteiger partial charge in [0.25, 0.3) is 5.69 Å². The number of allylic oxidation sites excluding steroid dienone is 1. The van der Waals surface area contributed by atoms with E-state index in [4.69, 9.17) is 5.11 Å². The van der Waals surface area contributed by atoms with Gasteiger partial charge in [0.1, 0.15) is 5.56 Å². The SMILES string of the molecule is CC(C)=CCNc1cc(C(=O)O)c([N+](=O)[O-])cc1F. The van der Waals surface area contributed by atoms with Crippen LogP contribution in [0.4, 0.5) is 15.8 Å². The summed E-state index contributed by atoms with van der Waals surface area (Å²) >= 11 is 0. The summed E-state index contributed by atoms with van der Waals surface area (Å²) in [5, 5.41) is 22.2. The van der Waals surface area contributed by atoms with E-state index in [1.165, 1.54) is 0 Å². The summed E-state index contributed by atoms with van der Waals surface area (Å²) in [4.78, 5) is 20.6. The lowest BCUT2D eigenvalue weighted by atomic mass is 10.1. The summed E-state index contributed by atoms with van der Waals surface area (Å²) in [7, 11) is 0. The molecule has 1 aromatic carbocycles. The van der Waals surface area contributed by atoms with Gasteiger partial charge in [0, 0.05) is 6.54 Å². The Bertz CT molecular complexity index is 551. The first-order valence-corrected chi connectivity index (χ1v) is 5.41.